The van der Waals surface area contributed by atoms with Gasteiger partial charge in [-0.05, 0) is 42.9 Å². The summed E-state index contributed by atoms with van der Waals surface area (Å²) in [4.78, 5) is 11.9. The molecule has 0 heterocycles. The molecule has 0 fully saturated rings. The average molecular weight is 260 g/mol. The van der Waals surface area contributed by atoms with Gasteiger partial charge in [-0.25, -0.2) is 0 Å². The highest BCUT2D eigenvalue weighted by Crippen LogP contribution is 2.30. The van der Waals surface area contributed by atoms with Crippen LogP contribution in [0, 0.1) is 0 Å². The van der Waals surface area contributed by atoms with Gasteiger partial charge in [0.15, 0.2) is 5.78 Å². The maximum Gasteiger partial charge on any atom is 0.163 e. The second-order valence-corrected chi connectivity index (χ2v) is 5.41. The van der Waals surface area contributed by atoms with E-state index in [1.807, 2.05) is 6.07 Å². The van der Waals surface area contributed by atoms with E-state index in [9.17, 15) is 4.79 Å². The first-order chi connectivity index (χ1) is 9.26. The molecule has 2 heteroatoms. The van der Waals surface area contributed by atoms with Crippen LogP contribution in [-0.2, 0) is 12.8 Å². The predicted octanol–water partition coefficient (Wildman–Crippen LogP) is 4.34. The summed E-state index contributed by atoms with van der Waals surface area (Å²) in [5.74, 6) is 1.17. The van der Waals surface area contributed by atoms with E-state index in [0.29, 0.717) is 6.42 Å². The molecule has 0 spiro atoms. The van der Waals surface area contributed by atoms with Crippen molar-refractivity contribution >= 4 is 5.78 Å². The van der Waals surface area contributed by atoms with Gasteiger partial charge in [0.05, 0.1) is 7.11 Å². The van der Waals surface area contributed by atoms with Crippen LogP contribution in [0.15, 0.2) is 12.1 Å². The Bertz CT molecular complexity index is 449. The molecule has 0 aliphatic heterocycles. The van der Waals surface area contributed by atoms with E-state index in [4.69, 9.17) is 4.74 Å². The Labute approximate surface area is 116 Å². The largest absolute Gasteiger partial charge is 0.496 e. The minimum atomic E-state index is 0.275. The maximum atomic E-state index is 11.9. The summed E-state index contributed by atoms with van der Waals surface area (Å²) in [5.41, 5.74) is 3.38. The van der Waals surface area contributed by atoms with Gasteiger partial charge < -0.3 is 4.74 Å². The molecule has 0 radical (unpaired) electrons. The molecule has 104 valence electrons. The summed E-state index contributed by atoms with van der Waals surface area (Å²) in [7, 11) is 1.70. The van der Waals surface area contributed by atoms with Crippen molar-refractivity contribution in [2.24, 2.45) is 0 Å². The number of unbranched alkanes of at least 4 members (excludes halogenated alkanes) is 3. The molecule has 1 aromatic carbocycles. The van der Waals surface area contributed by atoms with Crippen molar-refractivity contribution in [3.8, 4) is 5.75 Å². The van der Waals surface area contributed by atoms with Crippen LogP contribution in [0.1, 0.15) is 66.9 Å². The van der Waals surface area contributed by atoms with Crippen LogP contribution in [0.2, 0.25) is 0 Å². The standard InChI is InChI=1S/C17H24O2/c1-3-4-5-6-8-14-11-13-9-7-10-16(18)15(13)12-17(14)19-2/h11-12H,3-10H2,1-2H3. The Morgan fingerprint density at radius 3 is 2.74 bits per heavy atom. The third-order valence-electron chi connectivity index (χ3n) is 3.96. The van der Waals surface area contributed by atoms with Gasteiger partial charge in [-0.3, -0.25) is 4.79 Å². The molecule has 0 saturated carbocycles. The van der Waals surface area contributed by atoms with Crippen molar-refractivity contribution in [3.05, 3.63) is 28.8 Å². The van der Waals surface area contributed by atoms with E-state index < -0.39 is 0 Å². The van der Waals surface area contributed by atoms with E-state index in [-0.39, 0.29) is 5.78 Å². The first kappa shape index (κ1) is 14.1. The van der Waals surface area contributed by atoms with Gasteiger partial charge in [0.25, 0.3) is 0 Å². The highest BCUT2D eigenvalue weighted by atomic mass is 16.5. The van der Waals surface area contributed by atoms with Crippen LogP contribution in [0.3, 0.4) is 0 Å². The molecule has 19 heavy (non-hydrogen) atoms. The number of Topliss-reactive ketones (excluding diaryl/α,β-unsaturated/α-hetero) is 1. The number of hydrogen-bond donors (Lipinski definition) is 0. The summed E-state index contributed by atoms with van der Waals surface area (Å²) < 4.78 is 5.46. The Kier molecular flexibility index (Phi) is 5.00. The zero-order valence-electron chi connectivity index (χ0n) is 12.1. The number of rotatable bonds is 6. The van der Waals surface area contributed by atoms with Gasteiger partial charge in [0.2, 0.25) is 0 Å². The molecule has 1 aliphatic carbocycles. The van der Waals surface area contributed by atoms with Gasteiger partial charge >= 0.3 is 0 Å². The number of aryl methyl sites for hydroxylation is 2. The summed E-state index contributed by atoms with van der Waals surface area (Å²) in [6, 6.07) is 4.17. The second kappa shape index (κ2) is 6.74. The molecular formula is C17H24O2. The monoisotopic (exact) mass is 260 g/mol. The van der Waals surface area contributed by atoms with Gasteiger partial charge in [0.1, 0.15) is 5.75 Å². The van der Waals surface area contributed by atoms with Crippen LogP contribution in [-0.4, -0.2) is 12.9 Å². The van der Waals surface area contributed by atoms with Crippen molar-refractivity contribution < 1.29 is 9.53 Å². The molecule has 0 saturated heterocycles. The molecule has 0 N–H and O–H groups in total. The number of methoxy groups -OCH3 is 1. The lowest BCUT2D eigenvalue weighted by molar-refractivity contribution is 0.0972. The third kappa shape index (κ3) is 3.37. The fourth-order valence-electron chi connectivity index (χ4n) is 2.84. The lowest BCUT2D eigenvalue weighted by Crippen LogP contribution is -2.12. The molecule has 1 aliphatic rings. The number of carbonyl (C=O) groups excluding carboxylic acids is 1. The summed E-state index contributed by atoms with van der Waals surface area (Å²) in [6.07, 6.45) is 8.81. The molecule has 0 atom stereocenters. The SMILES string of the molecule is CCCCCCc1cc2c(cc1OC)C(=O)CCC2. The zero-order chi connectivity index (χ0) is 13.7. The summed E-state index contributed by atoms with van der Waals surface area (Å²) >= 11 is 0. The molecule has 0 amide bonds. The molecule has 0 unspecified atom stereocenters. The minimum Gasteiger partial charge on any atom is -0.496 e. The number of carbonyl (C=O) groups is 1. The first-order valence-corrected chi connectivity index (χ1v) is 7.49. The second-order valence-electron chi connectivity index (χ2n) is 5.41. The van der Waals surface area contributed by atoms with Gasteiger partial charge in [-0.2, -0.15) is 0 Å². The van der Waals surface area contributed by atoms with Crippen molar-refractivity contribution in [2.75, 3.05) is 7.11 Å². The van der Waals surface area contributed by atoms with Crippen molar-refractivity contribution in [3.63, 3.8) is 0 Å². The molecule has 1 aromatic rings. The van der Waals surface area contributed by atoms with Gasteiger partial charge in [0, 0.05) is 12.0 Å². The van der Waals surface area contributed by atoms with Crippen LogP contribution in [0.5, 0.6) is 5.75 Å². The van der Waals surface area contributed by atoms with E-state index >= 15 is 0 Å². The van der Waals surface area contributed by atoms with Crippen molar-refractivity contribution in [2.45, 2.75) is 58.3 Å². The van der Waals surface area contributed by atoms with Crippen LogP contribution >= 0.6 is 0 Å². The molecule has 0 bridgehead atoms. The average Bonchev–Trinajstić information content (AvgIpc) is 2.43. The van der Waals surface area contributed by atoms with Crippen LogP contribution < -0.4 is 4.74 Å². The van der Waals surface area contributed by atoms with Gasteiger partial charge in [-0.15, -0.1) is 0 Å². The number of hydrogen-bond acceptors (Lipinski definition) is 2. The fraction of sp³-hybridized carbons (Fsp3) is 0.588. The Morgan fingerprint density at radius 1 is 1.16 bits per heavy atom. The normalized spacial score (nSPS) is 14.3. The highest BCUT2D eigenvalue weighted by Gasteiger charge is 2.19. The van der Waals surface area contributed by atoms with Crippen LogP contribution in [0.25, 0.3) is 0 Å². The van der Waals surface area contributed by atoms with Crippen LogP contribution in [0.4, 0.5) is 0 Å². The van der Waals surface area contributed by atoms with E-state index in [1.165, 1.54) is 36.8 Å². The smallest absolute Gasteiger partial charge is 0.163 e. The molecule has 2 nitrogen and oxygen atoms in total. The number of ketones is 1. The molecule has 0 aromatic heterocycles. The zero-order valence-corrected chi connectivity index (χ0v) is 12.1. The van der Waals surface area contributed by atoms with Gasteiger partial charge in [-0.1, -0.05) is 32.3 Å². The fourth-order valence-corrected chi connectivity index (χ4v) is 2.84. The highest BCUT2D eigenvalue weighted by molar-refractivity contribution is 5.99. The molecule has 2 rings (SSSR count). The number of ether oxygens (including phenoxy) is 1. The van der Waals surface area contributed by atoms with E-state index in [0.717, 1.165) is 30.6 Å². The first-order valence-electron chi connectivity index (χ1n) is 7.49. The Balaban J connectivity index is 2.16. The summed E-state index contributed by atoms with van der Waals surface area (Å²) in [6.45, 7) is 2.23. The topological polar surface area (TPSA) is 26.3 Å². The predicted molar refractivity (Wildman–Crippen MR) is 78.1 cm³/mol. The third-order valence-corrected chi connectivity index (χ3v) is 3.96. The van der Waals surface area contributed by atoms with Crippen molar-refractivity contribution in [1.29, 1.82) is 0 Å². The molecular weight excluding hydrogens is 236 g/mol. The van der Waals surface area contributed by atoms with Crippen molar-refractivity contribution in [1.82, 2.24) is 0 Å². The maximum absolute atomic E-state index is 11.9. The Hall–Kier alpha value is -1.31. The van der Waals surface area contributed by atoms with E-state index in [2.05, 4.69) is 13.0 Å². The quantitative estimate of drug-likeness (QED) is 0.711. The number of benzene rings is 1. The lowest BCUT2D eigenvalue weighted by atomic mass is 9.88. The Morgan fingerprint density at radius 2 is 2.00 bits per heavy atom. The van der Waals surface area contributed by atoms with E-state index in [1.54, 1.807) is 7.11 Å². The summed E-state index contributed by atoms with van der Waals surface area (Å²) in [5, 5.41) is 0. The lowest BCUT2D eigenvalue weighted by Gasteiger charge is -2.18. The number of fused-ring (bicyclic) bond motifs is 1. The minimum absolute atomic E-state index is 0.275.